The fourth-order valence-corrected chi connectivity index (χ4v) is 2.38. The number of nitrogens with zero attached hydrogens (tertiary/aromatic N) is 1. The van der Waals surface area contributed by atoms with Crippen LogP contribution < -0.4 is 4.74 Å². The van der Waals surface area contributed by atoms with E-state index >= 15 is 0 Å². The number of ether oxygens (including phenoxy) is 2. The van der Waals surface area contributed by atoms with Gasteiger partial charge in [0.1, 0.15) is 5.75 Å². The molecule has 3 nitrogen and oxygen atoms in total. The van der Waals surface area contributed by atoms with Crippen LogP contribution in [0, 0.1) is 0 Å². The molecule has 1 aromatic heterocycles. The topological polar surface area (TPSA) is 31.4 Å². The number of rotatable bonds is 2. The van der Waals surface area contributed by atoms with E-state index in [2.05, 4.69) is 17.1 Å². The molecule has 3 rings (SSSR count). The van der Waals surface area contributed by atoms with Gasteiger partial charge in [-0.1, -0.05) is 30.3 Å². The van der Waals surface area contributed by atoms with Crippen molar-refractivity contribution < 1.29 is 9.47 Å². The van der Waals surface area contributed by atoms with Gasteiger partial charge in [0.2, 0.25) is 6.29 Å². The van der Waals surface area contributed by atoms with Crippen molar-refractivity contribution in [2.75, 3.05) is 7.11 Å². The maximum atomic E-state index is 5.86. The Morgan fingerprint density at radius 3 is 2.78 bits per heavy atom. The van der Waals surface area contributed by atoms with E-state index in [0.29, 0.717) is 0 Å². The highest BCUT2D eigenvalue weighted by Crippen LogP contribution is 2.35. The zero-order valence-corrected chi connectivity index (χ0v) is 10.2. The molecule has 0 saturated heterocycles. The molecule has 0 bridgehead atoms. The Morgan fingerprint density at radius 1 is 1.17 bits per heavy atom. The maximum Gasteiger partial charge on any atom is 0.206 e. The third-order valence-corrected chi connectivity index (χ3v) is 3.29. The molecule has 1 aliphatic heterocycles. The average Bonchev–Trinajstić information content (AvgIpc) is 2.46. The quantitative estimate of drug-likeness (QED) is 0.810. The molecule has 2 aromatic rings. The molecule has 0 radical (unpaired) electrons. The molecule has 2 unspecified atom stereocenters. The Morgan fingerprint density at radius 2 is 2.00 bits per heavy atom. The van der Waals surface area contributed by atoms with E-state index in [4.69, 9.17) is 9.47 Å². The predicted octanol–water partition coefficient (Wildman–Crippen LogP) is 2.77. The highest BCUT2D eigenvalue weighted by atomic mass is 16.7. The van der Waals surface area contributed by atoms with Gasteiger partial charge in [-0.05, 0) is 17.7 Å². The summed E-state index contributed by atoms with van der Waals surface area (Å²) in [6.45, 7) is 0. The van der Waals surface area contributed by atoms with Crippen molar-refractivity contribution in [3.05, 3.63) is 59.9 Å². The van der Waals surface area contributed by atoms with Crippen LogP contribution in [0.25, 0.3) is 0 Å². The van der Waals surface area contributed by atoms with Crippen molar-refractivity contribution in [1.82, 2.24) is 4.98 Å². The van der Waals surface area contributed by atoms with Crippen LogP contribution in [-0.2, 0) is 11.2 Å². The summed E-state index contributed by atoms with van der Waals surface area (Å²) in [4.78, 5) is 4.38. The second-order valence-corrected chi connectivity index (χ2v) is 4.39. The first-order valence-electron chi connectivity index (χ1n) is 6.07. The molecule has 1 aromatic carbocycles. The van der Waals surface area contributed by atoms with Gasteiger partial charge in [0.15, 0.2) is 0 Å². The minimum atomic E-state index is -0.246. The van der Waals surface area contributed by atoms with Gasteiger partial charge in [-0.3, -0.25) is 4.98 Å². The number of aromatic nitrogens is 1. The first kappa shape index (κ1) is 11.2. The molecule has 1 aliphatic rings. The van der Waals surface area contributed by atoms with E-state index in [9.17, 15) is 0 Å². The number of fused-ring (bicyclic) bond motifs is 1. The number of pyridine rings is 1. The molecular weight excluding hydrogens is 226 g/mol. The van der Waals surface area contributed by atoms with Crippen molar-refractivity contribution in [1.29, 1.82) is 0 Å². The van der Waals surface area contributed by atoms with E-state index in [0.717, 1.165) is 17.9 Å². The summed E-state index contributed by atoms with van der Waals surface area (Å²) in [5.74, 6) is 1.02. The summed E-state index contributed by atoms with van der Waals surface area (Å²) >= 11 is 0. The summed E-state index contributed by atoms with van der Waals surface area (Å²) < 4.78 is 11.3. The van der Waals surface area contributed by atoms with Crippen LogP contribution in [0.2, 0.25) is 0 Å². The van der Waals surface area contributed by atoms with Gasteiger partial charge in [0.05, 0.1) is 11.6 Å². The van der Waals surface area contributed by atoms with E-state index in [1.54, 1.807) is 13.3 Å². The number of hydrogen-bond donors (Lipinski definition) is 0. The van der Waals surface area contributed by atoms with E-state index < -0.39 is 0 Å². The SMILES string of the molecule is COC1Oc2cccnc2CC1c1ccccc1. The fourth-order valence-electron chi connectivity index (χ4n) is 2.38. The molecule has 0 N–H and O–H groups in total. The van der Waals surface area contributed by atoms with Crippen LogP contribution in [0.3, 0.4) is 0 Å². The molecule has 3 heteroatoms. The van der Waals surface area contributed by atoms with Crippen molar-refractivity contribution in [2.24, 2.45) is 0 Å². The maximum absolute atomic E-state index is 5.86. The number of benzene rings is 1. The van der Waals surface area contributed by atoms with Crippen LogP contribution in [0.4, 0.5) is 0 Å². The Labute approximate surface area is 106 Å². The molecule has 0 fully saturated rings. The van der Waals surface area contributed by atoms with Gasteiger partial charge in [-0.2, -0.15) is 0 Å². The van der Waals surface area contributed by atoms with Crippen molar-refractivity contribution in [3.8, 4) is 5.75 Å². The summed E-state index contributed by atoms with van der Waals surface area (Å²) in [6, 6.07) is 14.1. The lowest BCUT2D eigenvalue weighted by Crippen LogP contribution is -2.33. The smallest absolute Gasteiger partial charge is 0.206 e. The molecule has 2 heterocycles. The summed E-state index contributed by atoms with van der Waals surface area (Å²) in [5, 5.41) is 0. The van der Waals surface area contributed by atoms with Crippen LogP contribution in [0.15, 0.2) is 48.7 Å². The lowest BCUT2D eigenvalue weighted by atomic mass is 9.91. The summed E-state index contributed by atoms with van der Waals surface area (Å²) in [6.07, 6.45) is 2.40. The molecule has 92 valence electrons. The van der Waals surface area contributed by atoms with Gasteiger partial charge in [0.25, 0.3) is 0 Å². The monoisotopic (exact) mass is 241 g/mol. The second kappa shape index (κ2) is 4.78. The van der Waals surface area contributed by atoms with Crippen LogP contribution >= 0.6 is 0 Å². The van der Waals surface area contributed by atoms with Crippen molar-refractivity contribution in [2.45, 2.75) is 18.6 Å². The van der Waals surface area contributed by atoms with E-state index in [1.165, 1.54) is 5.56 Å². The lowest BCUT2D eigenvalue weighted by Gasteiger charge is -2.32. The minimum Gasteiger partial charge on any atom is -0.462 e. The molecule has 18 heavy (non-hydrogen) atoms. The first-order chi connectivity index (χ1) is 8.88. The highest BCUT2D eigenvalue weighted by Gasteiger charge is 2.31. The van der Waals surface area contributed by atoms with Gasteiger partial charge < -0.3 is 9.47 Å². The predicted molar refractivity (Wildman–Crippen MR) is 68.5 cm³/mol. The number of hydrogen-bond acceptors (Lipinski definition) is 3. The largest absolute Gasteiger partial charge is 0.462 e. The summed E-state index contributed by atoms with van der Waals surface area (Å²) in [7, 11) is 1.68. The van der Waals surface area contributed by atoms with Crippen LogP contribution in [0.5, 0.6) is 5.75 Å². The Bertz CT molecular complexity index is 527. The van der Waals surface area contributed by atoms with E-state index in [1.807, 2.05) is 30.3 Å². The van der Waals surface area contributed by atoms with Crippen LogP contribution in [0.1, 0.15) is 17.2 Å². The standard InChI is InChI=1S/C15H15NO2/c1-17-15-12(11-6-3-2-4-7-11)10-13-14(18-15)8-5-9-16-13/h2-9,12,15H,10H2,1H3. The Balaban J connectivity index is 1.96. The highest BCUT2D eigenvalue weighted by molar-refractivity contribution is 5.33. The molecule has 0 amide bonds. The fraction of sp³-hybridized carbons (Fsp3) is 0.267. The van der Waals surface area contributed by atoms with Gasteiger partial charge in [0, 0.05) is 19.7 Å². The third kappa shape index (κ3) is 1.97. The second-order valence-electron chi connectivity index (χ2n) is 4.39. The van der Waals surface area contributed by atoms with Gasteiger partial charge in [-0.15, -0.1) is 0 Å². The zero-order valence-electron chi connectivity index (χ0n) is 10.2. The lowest BCUT2D eigenvalue weighted by molar-refractivity contribution is -0.0805. The molecule has 0 saturated carbocycles. The normalized spacial score (nSPS) is 22.1. The molecule has 0 aliphatic carbocycles. The molecular formula is C15H15NO2. The Kier molecular flexibility index (Phi) is 2.99. The van der Waals surface area contributed by atoms with Gasteiger partial charge in [-0.25, -0.2) is 0 Å². The molecule has 0 spiro atoms. The summed E-state index contributed by atoms with van der Waals surface area (Å²) in [5.41, 5.74) is 2.22. The van der Waals surface area contributed by atoms with Gasteiger partial charge >= 0.3 is 0 Å². The minimum absolute atomic E-state index is 0.193. The third-order valence-electron chi connectivity index (χ3n) is 3.29. The first-order valence-corrected chi connectivity index (χ1v) is 6.07. The van der Waals surface area contributed by atoms with Crippen LogP contribution in [-0.4, -0.2) is 18.4 Å². The average molecular weight is 241 g/mol. The zero-order chi connectivity index (χ0) is 12.4. The van der Waals surface area contributed by atoms with E-state index in [-0.39, 0.29) is 12.2 Å². The Hall–Kier alpha value is -1.87. The van der Waals surface area contributed by atoms with Crippen molar-refractivity contribution in [3.63, 3.8) is 0 Å². The molecule has 2 atom stereocenters. The van der Waals surface area contributed by atoms with Crippen molar-refractivity contribution >= 4 is 0 Å². The number of methoxy groups -OCH3 is 1.